The smallest absolute Gasteiger partial charge is 0.258 e. The molecule has 0 aliphatic heterocycles. The second kappa shape index (κ2) is 22.9. The van der Waals surface area contributed by atoms with Crippen LogP contribution in [0, 0.1) is 23.7 Å². The van der Waals surface area contributed by atoms with E-state index in [9.17, 15) is 29.4 Å². The topological polar surface area (TPSA) is 208 Å². The summed E-state index contributed by atoms with van der Waals surface area (Å²) in [5, 5.41) is 37.4. The van der Waals surface area contributed by atoms with Crippen LogP contribution in [-0.2, 0) is 32.1 Å². The van der Waals surface area contributed by atoms with Crippen molar-refractivity contribution in [2.75, 3.05) is 6.61 Å². The molecule has 4 amide bonds. The van der Waals surface area contributed by atoms with Crippen LogP contribution in [0.15, 0.2) is 79.4 Å². The van der Waals surface area contributed by atoms with Gasteiger partial charge in [0.15, 0.2) is 6.61 Å². The Balaban J connectivity index is 1.33. The fraction of sp³-hybridized carbons (Fsp3) is 0.522. The minimum Gasteiger partial charge on any atom is -0.483 e. The molecule has 1 aliphatic carbocycles. The van der Waals surface area contributed by atoms with Gasteiger partial charge in [0, 0.05) is 29.9 Å². The van der Waals surface area contributed by atoms with Crippen LogP contribution in [-0.4, -0.2) is 85.7 Å². The number of ether oxygens (including phenoxy) is 1. The Morgan fingerprint density at radius 2 is 1.62 bits per heavy atom. The van der Waals surface area contributed by atoms with Crippen molar-refractivity contribution in [3.05, 3.63) is 90.8 Å². The van der Waals surface area contributed by atoms with Gasteiger partial charge in [-0.15, -0.1) is 0 Å². The van der Waals surface area contributed by atoms with Gasteiger partial charge < -0.3 is 41.2 Å². The van der Waals surface area contributed by atoms with Crippen LogP contribution in [0.25, 0.3) is 10.8 Å². The molecule has 2 aromatic heterocycles. The lowest BCUT2D eigenvalue weighted by Gasteiger charge is -2.36. The number of amides is 4. The molecule has 0 saturated heterocycles. The van der Waals surface area contributed by atoms with Gasteiger partial charge in [0.1, 0.15) is 23.9 Å². The molecular weight excluding hydrogens is 763 g/mol. The number of benzene rings is 2. The van der Waals surface area contributed by atoms with Crippen LogP contribution in [0.2, 0.25) is 0 Å². The van der Waals surface area contributed by atoms with Crippen molar-refractivity contribution in [3.63, 3.8) is 0 Å². The zero-order chi connectivity index (χ0) is 43.0. The first kappa shape index (κ1) is 45.7. The third kappa shape index (κ3) is 13.3. The van der Waals surface area contributed by atoms with Crippen molar-refractivity contribution in [3.8, 4) is 5.75 Å². The number of hydrogen-bond acceptors (Lipinski definition) is 9. The highest BCUT2D eigenvalue weighted by Crippen LogP contribution is 2.30. The average molecular weight is 826 g/mol. The number of imidazole rings is 1. The lowest BCUT2D eigenvalue weighted by atomic mass is 9.80. The van der Waals surface area contributed by atoms with Gasteiger partial charge in [-0.1, -0.05) is 109 Å². The number of aliphatic hydroxyl groups is 2. The Bertz CT molecular complexity index is 1950. The van der Waals surface area contributed by atoms with Crippen LogP contribution >= 0.6 is 0 Å². The summed E-state index contributed by atoms with van der Waals surface area (Å²) >= 11 is 0. The number of fused-ring (bicyclic) bond motifs is 1. The zero-order valence-electron chi connectivity index (χ0n) is 35.3. The summed E-state index contributed by atoms with van der Waals surface area (Å²) in [7, 11) is 0. The number of carbonyl (C=O) groups is 4. The number of aromatic amines is 1. The lowest BCUT2D eigenvalue weighted by Crippen LogP contribution is -2.59. The fourth-order valence-electron chi connectivity index (χ4n) is 8.01. The predicted octanol–water partition coefficient (Wildman–Crippen LogP) is 4.75. The lowest BCUT2D eigenvalue weighted by molar-refractivity contribution is -0.139. The third-order valence-electron chi connectivity index (χ3n) is 11.6. The van der Waals surface area contributed by atoms with E-state index in [0.717, 1.165) is 42.9 Å². The molecule has 5 rings (SSSR count). The second-order valence-electron chi connectivity index (χ2n) is 16.6. The highest BCUT2D eigenvalue weighted by atomic mass is 16.5. The number of nitrogens with one attached hydrogen (secondary N) is 5. The van der Waals surface area contributed by atoms with Gasteiger partial charge in [-0.3, -0.25) is 24.2 Å². The van der Waals surface area contributed by atoms with Crippen LogP contribution in [0.5, 0.6) is 5.75 Å². The van der Waals surface area contributed by atoms with E-state index in [1.807, 2.05) is 70.2 Å². The average Bonchev–Trinajstić information content (AvgIpc) is 3.78. The molecule has 60 heavy (non-hydrogen) atoms. The van der Waals surface area contributed by atoms with Gasteiger partial charge in [-0.2, -0.15) is 0 Å². The van der Waals surface area contributed by atoms with Gasteiger partial charge >= 0.3 is 0 Å². The zero-order valence-corrected chi connectivity index (χ0v) is 35.3. The number of carbonyl (C=O) groups excluding carboxylic acids is 4. The molecule has 2 unspecified atom stereocenters. The maximum absolute atomic E-state index is 14.3. The third-order valence-corrected chi connectivity index (χ3v) is 11.6. The Kier molecular flexibility index (Phi) is 17.4. The summed E-state index contributed by atoms with van der Waals surface area (Å²) in [6.45, 7) is 7.47. The first-order chi connectivity index (χ1) is 28.9. The predicted molar refractivity (Wildman–Crippen MR) is 229 cm³/mol. The largest absolute Gasteiger partial charge is 0.483 e. The molecule has 1 aliphatic rings. The van der Waals surface area contributed by atoms with Gasteiger partial charge in [0.2, 0.25) is 17.7 Å². The fourth-order valence-corrected chi connectivity index (χ4v) is 8.01. The summed E-state index contributed by atoms with van der Waals surface area (Å²) in [6.07, 6.45) is 7.71. The summed E-state index contributed by atoms with van der Waals surface area (Å²) < 4.78 is 5.92. The minimum absolute atomic E-state index is 0.0564. The first-order valence-electron chi connectivity index (χ1n) is 21.4. The summed E-state index contributed by atoms with van der Waals surface area (Å²) in [6, 6.07) is 15.7. The van der Waals surface area contributed by atoms with E-state index < -0.39 is 54.0 Å². The van der Waals surface area contributed by atoms with Crippen molar-refractivity contribution >= 4 is 34.4 Å². The van der Waals surface area contributed by atoms with E-state index in [0.29, 0.717) is 30.0 Å². The Hall–Kier alpha value is -5.34. The molecular formula is C46H63N7O7. The molecule has 0 bridgehead atoms. The summed E-state index contributed by atoms with van der Waals surface area (Å²) in [5.41, 5.74) is 1.27. The standard InChI is InChI=1S/C46H63N7O7/c1-5-30(4)41(46(59)49-26-33-18-11-12-21-48-33)53-44(57)36(22-29(2)3)42(55)43(56)37(23-31-14-7-6-8-15-31)52-45(58)38(24-34-25-47-28-50-34)51-40(54)27-60-39-20-13-17-32-16-9-10-19-35(32)39/h9-13,16-21,25,28-31,36-38,41-43,55-56H,5-8,14-15,22-24,26-27H2,1-4H3,(H,47,50)(H,49,59)(H,51,54)(H,52,58)(H,53,57)/t30-,36-,37-,38-,41-,42?,43?/m0/s1. The minimum atomic E-state index is -1.59. The Morgan fingerprint density at radius 3 is 2.32 bits per heavy atom. The van der Waals surface area contributed by atoms with Crippen LogP contribution in [0.4, 0.5) is 0 Å². The summed E-state index contributed by atoms with van der Waals surface area (Å²) in [5.74, 6) is -2.74. The second-order valence-corrected chi connectivity index (χ2v) is 16.6. The molecule has 4 aromatic rings. The van der Waals surface area contributed by atoms with Crippen LogP contribution < -0.4 is 26.0 Å². The van der Waals surface area contributed by atoms with Gasteiger partial charge in [-0.05, 0) is 54.2 Å². The highest BCUT2D eigenvalue weighted by Gasteiger charge is 2.40. The molecule has 0 spiro atoms. The van der Waals surface area contributed by atoms with Crippen molar-refractivity contribution in [1.82, 2.24) is 36.2 Å². The van der Waals surface area contributed by atoms with Gasteiger partial charge in [0.25, 0.3) is 5.91 Å². The maximum Gasteiger partial charge on any atom is 0.258 e. The maximum atomic E-state index is 14.3. The Labute approximate surface area is 353 Å². The van der Waals surface area contributed by atoms with E-state index >= 15 is 0 Å². The van der Waals surface area contributed by atoms with Crippen molar-refractivity contribution in [1.29, 1.82) is 0 Å². The van der Waals surface area contributed by atoms with E-state index in [-0.39, 0.29) is 49.7 Å². The number of hydrogen-bond donors (Lipinski definition) is 7. The molecule has 324 valence electrons. The van der Waals surface area contributed by atoms with Gasteiger partial charge in [0.05, 0.1) is 36.6 Å². The molecule has 0 radical (unpaired) electrons. The van der Waals surface area contributed by atoms with Crippen LogP contribution in [0.1, 0.15) is 90.4 Å². The number of rotatable bonds is 22. The molecule has 14 heteroatoms. The van der Waals surface area contributed by atoms with Gasteiger partial charge in [-0.25, -0.2) is 4.98 Å². The monoisotopic (exact) mass is 825 g/mol. The van der Waals surface area contributed by atoms with Crippen LogP contribution in [0.3, 0.4) is 0 Å². The quantitative estimate of drug-likeness (QED) is 0.0583. The Morgan fingerprint density at radius 1 is 0.867 bits per heavy atom. The molecule has 1 saturated carbocycles. The number of pyridine rings is 1. The number of nitrogens with zero attached hydrogens (tertiary/aromatic N) is 2. The van der Waals surface area contributed by atoms with Crippen molar-refractivity contribution in [2.45, 2.75) is 122 Å². The molecule has 1 fully saturated rings. The molecule has 7 N–H and O–H groups in total. The van der Waals surface area contributed by atoms with E-state index in [4.69, 9.17) is 4.74 Å². The first-order valence-corrected chi connectivity index (χ1v) is 21.4. The number of aromatic nitrogens is 3. The normalized spacial score (nSPS) is 16.8. The van der Waals surface area contributed by atoms with E-state index in [1.165, 1.54) is 6.33 Å². The van der Waals surface area contributed by atoms with Crippen molar-refractivity contribution < 1.29 is 34.1 Å². The number of H-pyrrole nitrogens is 1. The van der Waals surface area contributed by atoms with E-state index in [2.05, 4.69) is 36.2 Å². The molecule has 7 atom stereocenters. The SMILES string of the molecule is CC[C@H](C)[C@H](NC(=O)[C@@H](CC(C)C)C(O)C(O)[C@H](CC1CCCCC1)NC(=O)[C@H](Cc1cnc[nH]1)NC(=O)COc1cccc2ccccc12)C(=O)NCc1ccccn1. The number of aliphatic hydroxyl groups excluding tert-OH is 2. The summed E-state index contributed by atoms with van der Waals surface area (Å²) in [4.78, 5) is 66.7. The van der Waals surface area contributed by atoms with Crippen molar-refractivity contribution in [2.24, 2.45) is 23.7 Å². The molecule has 2 heterocycles. The molecule has 2 aromatic carbocycles. The highest BCUT2D eigenvalue weighted by molar-refractivity contribution is 5.91. The molecule has 14 nitrogen and oxygen atoms in total. The van der Waals surface area contributed by atoms with E-state index in [1.54, 1.807) is 30.6 Å².